The largest absolute Gasteiger partial charge is 0.435 e. The van der Waals surface area contributed by atoms with Crippen molar-refractivity contribution in [3.63, 3.8) is 0 Å². The molecule has 0 amide bonds. The zero-order valence-electron chi connectivity index (χ0n) is 13.1. The Balaban J connectivity index is 4.48. The SMILES string of the molecule is CCCC#CC#CCC=CC=C(C=COC(C)=O)OC(C)=O. The van der Waals surface area contributed by atoms with Crippen molar-refractivity contribution in [1.82, 2.24) is 0 Å². The molecule has 0 aliphatic carbocycles. The van der Waals surface area contributed by atoms with Crippen LogP contribution >= 0.6 is 0 Å². The highest BCUT2D eigenvalue weighted by Crippen LogP contribution is 2.02. The summed E-state index contributed by atoms with van der Waals surface area (Å²) in [5, 5.41) is 0. The van der Waals surface area contributed by atoms with Gasteiger partial charge >= 0.3 is 11.9 Å². The second kappa shape index (κ2) is 13.3. The highest BCUT2D eigenvalue weighted by Gasteiger charge is 1.97. The normalized spacial score (nSPS) is 10.6. The smallest absolute Gasteiger partial charge is 0.308 e. The maximum Gasteiger partial charge on any atom is 0.308 e. The van der Waals surface area contributed by atoms with E-state index in [2.05, 4.69) is 35.3 Å². The van der Waals surface area contributed by atoms with Gasteiger partial charge in [0.15, 0.2) is 0 Å². The molecular weight excluding hydrogens is 280 g/mol. The van der Waals surface area contributed by atoms with Crippen molar-refractivity contribution in [3.05, 3.63) is 36.3 Å². The van der Waals surface area contributed by atoms with Crippen LogP contribution in [0.15, 0.2) is 36.3 Å². The minimum Gasteiger partial charge on any atom is -0.435 e. The first kappa shape index (κ1) is 19.3. The standard InChI is InChI=1S/C18H20O4/c1-4-5-6-7-8-9-10-11-12-13-18(22-17(3)20)14-15-21-16(2)19/h11-15H,4-5,10H2,1-3H3. The third-order valence-corrected chi connectivity index (χ3v) is 1.96. The fourth-order valence-corrected chi connectivity index (χ4v) is 1.10. The summed E-state index contributed by atoms with van der Waals surface area (Å²) < 4.78 is 9.57. The van der Waals surface area contributed by atoms with Crippen molar-refractivity contribution < 1.29 is 19.1 Å². The van der Waals surface area contributed by atoms with Crippen LogP contribution in [0.2, 0.25) is 0 Å². The molecule has 0 atom stereocenters. The second-order valence-corrected chi connectivity index (χ2v) is 4.06. The second-order valence-electron chi connectivity index (χ2n) is 4.06. The van der Waals surface area contributed by atoms with Crippen LogP contribution in [-0.4, -0.2) is 11.9 Å². The topological polar surface area (TPSA) is 52.6 Å². The summed E-state index contributed by atoms with van der Waals surface area (Å²) in [7, 11) is 0. The quantitative estimate of drug-likeness (QED) is 0.327. The van der Waals surface area contributed by atoms with E-state index in [1.807, 2.05) is 0 Å². The van der Waals surface area contributed by atoms with Gasteiger partial charge in [-0.25, -0.2) is 0 Å². The van der Waals surface area contributed by atoms with E-state index >= 15 is 0 Å². The summed E-state index contributed by atoms with van der Waals surface area (Å²) in [5.41, 5.74) is 0. The number of carbonyl (C=O) groups excluding carboxylic acids is 2. The molecule has 116 valence electrons. The highest BCUT2D eigenvalue weighted by molar-refractivity contribution is 5.68. The predicted octanol–water partition coefficient (Wildman–Crippen LogP) is 3.26. The first-order chi connectivity index (χ1) is 10.6. The molecule has 0 aliphatic heterocycles. The van der Waals surface area contributed by atoms with Gasteiger partial charge in [0.1, 0.15) is 5.76 Å². The molecule has 0 bridgehead atoms. The molecule has 22 heavy (non-hydrogen) atoms. The third-order valence-electron chi connectivity index (χ3n) is 1.96. The Morgan fingerprint density at radius 3 is 2.45 bits per heavy atom. The number of carbonyl (C=O) groups is 2. The van der Waals surface area contributed by atoms with Crippen LogP contribution in [-0.2, 0) is 19.1 Å². The van der Waals surface area contributed by atoms with E-state index in [0.717, 1.165) is 19.1 Å². The van der Waals surface area contributed by atoms with Gasteiger partial charge in [0, 0.05) is 32.8 Å². The average Bonchev–Trinajstić information content (AvgIpc) is 2.44. The summed E-state index contributed by atoms with van der Waals surface area (Å²) in [4.78, 5) is 21.6. The van der Waals surface area contributed by atoms with E-state index in [-0.39, 0.29) is 5.76 Å². The number of allylic oxidation sites excluding steroid dienone is 4. The first-order valence-corrected chi connectivity index (χ1v) is 6.91. The van der Waals surface area contributed by atoms with Crippen LogP contribution in [0.3, 0.4) is 0 Å². The Labute approximate surface area is 131 Å². The zero-order valence-corrected chi connectivity index (χ0v) is 13.1. The minimum absolute atomic E-state index is 0.265. The van der Waals surface area contributed by atoms with Crippen LogP contribution < -0.4 is 0 Å². The molecule has 0 aromatic carbocycles. The van der Waals surface area contributed by atoms with Gasteiger partial charge in [0.05, 0.1) is 6.26 Å². The average molecular weight is 300 g/mol. The van der Waals surface area contributed by atoms with Crippen LogP contribution in [0.4, 0.5) is 0 Å². The van der Waals surface area contributed by atoms with Crippen molar-refractivity contribution >= 4 is 11.9 Å². The maximum absolute atomic E-state index is 10.9. The molecule has 0 aromatic rings. The number of esters is 2. The molecule has 0 radical (unpaired) electrons. The third kappa shape index (κ3) is 13.7. The van der Waals surface area contributed by atoms with E-state index in [0.29, 0.717) is 6.42 Å². The van der Waals surface area contributed by atoms with Crippen LogP contribution in [0.25, 0.3) is 0 Å². The van der Waals surface area contributed by atoms with Gasteiger partial charge < -0.3 is 9.47 Å². The predicted molar refractivity (Wildman–Crippen MR) is 85.0 cm³/mol. The minimum atomic E-state index is -0.460. The Morgan fingerprint density at radius 2 is 1.82 bits per heavy atom. The summed E-state index contributed by atoms with van der Waals surface area (Å²) in [5.74, 6) is 10.7. The van der Waals surface area contributed by atoms with Gasteiger partial charge in [-0.1, -0.05) is 30.9 Å². The van der Waals surface area contributed by atoms with Gasteiger partial charge in [-0.2, -0.15) is 0 Å². The van der Waals surface area contributed by atoms with Crippen LogP contribution in [0.1, 0.15) is 40.0 Å². The molecule has 0 heterocycles. The molecule has 4 heteroatoms. The van der Waals surface area contributed by atoms with Gasteiger partial charge in [0.25, 0.3) is 0 Å². The van der Waals surface area contributed by atoms with E-state index in [1.54, 1.807) is 18.2 Å². The van der Waals surface area contributed by atoms with E-state index in [4.69, 9.17) is 4.74 Å². The lowest BCUT2D eigenvalue weighted by molar-refractivity contribution is -0.136. The Hall–Kier alpha value is -2.72. The number of rotatable bonds is 6. The lowest BCUT2D eigenvalue weighted by Gasteiger charge is -2.00. The molecule has 0 N–H and O–H groups in total. The molecule has 0 saturated heterocycles. The Morgan fingerprint density at radius 1 is 1.09 bits per heavy atom. The lowest BCUT2D eigenvalue weighted by atomic mass is 10.3. The van der Waals surface area contributed by atoms with Gasteiger partial charge in [0.2, 0.25) is 0 Å². The number of hydrogen-bond acceptors (Lipinski definition) is 4. The molecular formula is C18H20O4. The van der Waals surface area contributed by atoms with Crippen molar-refractivity contribution in [2.24, 2.45) is 0 Å². The van der Waals surface area contributed by atoms with Gasteiger partial charge in [-0.3, -0.25) is 9.59 Å². The van der Waals surface area contributed by atoms with Crippen molar-refractivity contribution in [3.8, 4) is 23.7 Å². The Bertz CT molecular complexity index is 572. The molecule has 4 nitrogen and oxygen atoms in total. The fourth-order valence-electron chi connectivity index (χ4n) is 1.10. The highest BCUT2D eigenvalue weighted by atomic mass is 16.5. The van der Waals surface area contributed by atoms with Crippen molar-refractivity contribution in [1.29, 1.82) is 0 Å². The molecule has 0 fully saturated rings. The monoisotopic (exact) mass is 300 g/mol. The Kier molecular flexibility index (Phi) is 11.6. The molecule has 0 aliphatic rings. The molecule has 0 aromatic heterocycles. The van der Waals surface area contributed by atoms with Crippen LogP contribution in [0, 0.1) is 23.7 Å². The van der Waals surface area contributed by atoms with Gasteiger partial charge in [-0.05, 0) is 24.3 Å². The summed E-state index contributed by atoms with van der Waals surface area (Å²) in [6, 6.07) is 0. The lowest BCUT2D eigenvalue weighted by Crippen LogP contribution is -1.97. The molecule has 0 unspecified atom stereocenters. The van der Waals surface area contributed by atoms with E-state index in [1.165, 1.54) is 19.9 Å². The number of unbranched alkanes of at least 4 members (excludes halogenated alkanes) is 1. The zero-order chi connectivity index (χ0) is 16.6. The fraction of sp³-hybridized carbons (Fsp3) is 0.333. The first-order valence-electron chi connectivity index (χ1n) is 6.91. The maximum atomic E-state index is 10.9. The van der Waals surface area contributed by atoms with Crippen molar-refractivity contribution in [2.45, 2.75) is 40.0 Å². The number of ether oxygens (including phenoxy) is 2. The van der Waals surface area contributed by atoms with Gasteiger partial charge in [-0.15, -0.1) is 0 Å². The summed E-state index contributed by atoms with van der Waals surface area (Å²) >= 11 is 0. The number of hydrogen-bond donors (Lipinski definition) is 0. The molecule has 0 rings (SSSR count). The van der Waals surface area contributed by atoms with Crippen molar-refractivity contribution in [2.75, 3.05) is 0 Å². The molecule has 0 spiro atoms. The molecule has 0 saturated carbocycles. The van der Waals surface area contributed by atoms with E-state index in [9.17, 15) is 9.59 Å². The summed E-state index contributed by atoms with van der Waals surface area (Å²) in [6.07, 6.45) is 10.0. The summed E-state index contributed by atoms with van der Waals surface area (Å²) in [6.45, 7) is 4.63. The van der Waals surface area contributed by atoms with E-state index < -0.39 is 11.9 Å². The van der Waals surface area contributed by atoms with Crippen LogP contribution in [0.5, 0.6) is 0 Å².